The van der Waals surface area contributed by atoms with Crippen molar-refractivity contribution in [1.82, 2.24) is 4.90 Å². The Labute approximate surface area is 155 Å². The van der Waals surface area contributed by atoms with Gasteiger partial charge in [0.15, 0.2) is 5.78 Å². The molecule has 1 amide bonds. The number of nitrogens with zero attached hydrogens (tertiary/aromatic N) is 1. The molecule has 2 rings (SSSR count). The van der Waals surface area contributed by atoms with Gasteiger partial charge in [-0.15, -0.1) is 0 Å². The van der Waals surface area contributed by atoms with Gasteiger partial charge in [0.1, 0.15) is 5.75 Å². The van der Waals surface area contributed by atoms with Gasteiger partial charge in [-0.25, -0.2) is 0 Å². The molecule has 0 spiro atoms. The number of anilines is 1. The first-order valence-corrected chi connectivity index (χ1v) is 8.77. The van der Waals surface area contributed by atoms with Crippen LogP contribution in [0.4, 0.5) is 5.69 Å². The van der Waals surface area contributed by atoms with E-state index in [1.165, 1.54) is 0 Å². The van der Waals surface area contributed by atoms with E-state index in [4.69, 9.17) is 4.74 Å². The zero-order valence-electron chi connectivity index (χ0n) is 15.6. The summed E-state index contributed by atoms with van der Waals surface area (Å²) in [6.45, 7) is 3.30. The Bertz CT molecular complexity index is 739. The van der Waals surface area contributed by atoms with E-state index >= 15 is 0 Å². The average molecular weight is 354 g/mol. The summed E-state index contributed by atoms with van der Waals surface area (Å²) < 4.78 is 5.36. The number of carbonyl (C=O) groups is 2. The van der Waals surface area contributed by atoms with Gasteiger partial charge in [0.05, 0.1) is 6.61 Å². The van der Waals surface area contributed by atoms with Gasteiger partial charge in [0, 0.05) is 30.6 Å². The first kappa shape index (κ1) is 19.7. The Morgan fingerprint density at radius 1 is 1.04 bits per heavy atom. The van der Waals surface area contributed by atoms with E-state index in [0.29, 0.717) is 12.2 Å². The Morgan fingerprint density at radius 3 is 2.42 bits per heavy atom. The first-order valence-electron chi connectivity index (χ1n) is 8.77. The van der Waals surface area contributed by atoms with Crippen molar-refractivity contribution in [3.63, 3.8) is 0 Å². The van der Waals surface area contributed by atoms with Crippen molar-refractivity contribution in [2.24, 2.45) is 0 Å². The van der Waals surface area contributed by atoms with Crippen molar-refractivity contribution in [2.75, 3.05) is 26.0 Å². The van der Waals surface area contributed by atoms with Gasteiger partial charge in [-0.2, -0.15) is 0 Å². The summed E-state index contributed by atoms with van der Waals surface area (Å²) >= 11 is 0. The Kier molecular flexibility index (Phi) is 7.36. The minimum atomic E-state index is -0.161. The summed E-state index contributed by atoms with van der Waals surface area (Å²) in [4.78, 5) is 26.4. The highest BCUT2D eigenvalue weighted by atomic mass is 16.5. The molecule has 1 N–H and O–H groups in total. The molecule has 0 aliphatic carbocycles. The van der Waals surface area contributed by atoms with Crippen LogP contribution in [0.25, 0.3) is 0 Å². The number of rotatable bonds is 9. The number of amides is 1. The van der Waals surface area contributed by atoms with E-state index in [9.17, 15) is 9.59 Å². The molecule has 26 heavy (non-hydrogen) atoms. The van der Waals surface area contributed by atoms with Crippen LogP contribution in [-0.4, -0.2) is 37.3 Å². The summed E-state index contributed by atoms with van der Waals surface area (Å²) in [5.74, 6) is 0.523. The van der Waals surface area contributed by atoms with Crippen LogP contribution in [0.2, 0.25) is 0 Å². The predicted molar refractivity (Wildman–Crippen MR) is 104 cm³/mol. The van der Waals surface area contributed by atoms with Gasteiger partial charge < -0.3 is 15.0 Å². The van der Waals surface area contributed by atoms with Crippen LogP contribution in [0.5, 0.6) is 5.75 Å². The lowest BCUT2D eigenvalue weighted by molar-refractivity contribution is -0.116. The molecule has 2 aromatic rings. The molecule has 0 fully saturated rings. The smallest absolute Gasteiger partial charge is 0.224 e. The SMILES string of the molecule is CCOc1ccc(C(=O)CCC(=O)Nc2cccc(CN(C)C)c2)cc1. The molecule has 138 valence electrons. The van der Waals surface area contributed by atoms with Crippen molar-refractivity contribution in [3.05, 3.63) is 59.7 Å². The minimum Gasteiger partial charge on any atom is -0.494 e. The molecule has 0 atom stereocenters. The number of benzene rings is 2. The molecule has 2 aromatic carbocycles. The number of Topliss-reactive ketones (excluding diaryl/α,β-unsaturated/α-hetero) is 1. The van der Waals surface area contributed by atoms with Crippen LogP contribution >= 0.6 is 0 Å². The van der Waals surface area contributed by atoms with E-state index in [-0.39, 0.29) is 24.5 Å². The van der Waals surface area contributed by atoms with E-state index < -0.39 is 0 Å². The van der Waals surface area contributed by atoms with Gasteiger partial charge in [-0.3, -0.25) is 9.59 Å². The van der Waals surface area contributed by atoms with Crippen LogP contribution < -0.4 is 10.1 Å². The molecule has 0 aliphatic heterocycles. The number of hydrogen-bond acceptors (Lipinski definition) is 4. The highest BCUT2D eigenvalue weighted by molar-refractivity contribution is 6.00. The molecule has 5 nitrogen and oxygen atoms in total. The lowest BCUT2D eigenvalue weighted by atomic mass is 10.1. The van der Waals surface area contributed by atoms with Gasteiger partial charge in [0.25, 0.3) is 0 Å². The maximum Gasteiger partial charge on any atom is 0.224 e. The Morgan fingerprint density at radius 2 is 1.77 bits per heavy atom. The molecule has 0 bridgehead atoms. The van der Waals surface area contributed by atoms with E-state index in [1.54, 1.807) is 24.3 Å². The summed E-state index contributed by atoms with van der Waals surface area (Å²) in [6, 6.07) is 14.7. The number of ketones is 1. The fourth-order valence-electron chi connectivity index (χ4n) is 2.61. The fraction of sp³-hybridized carbons (Fsp3) is 0.333. The predicted octanol–water partition coefficient (Wildman–Crippen LogP) is 3.75. The third kappa shape index (κ3) is 6.33. The minimum absolute atomic E-state index is 0.0513. The summed E-state index contributed by atoms with van der Waals surface area (Å²) in [5, 5.41) is 2.86. The monoisotopic (exact) mass is 354 g/mol. The van der Waals surface area contributed by atoms with E-state index in [0.717, 1.165) is 23.5 Å². The zero-order valence-corrected chi connectivity index (χ0v) is 15.6. The van der Waals surface area contributed by atoms with Crippen molar-refractivity contribution >= 4 is 17.4 Å². The third-order valence-electron chi connectivity index (χ3n) is 3.78. The highest BCUT2D eigenvalue weighted by Crippen LogP contribution is 2.15. The normalized spacial score (nSPS) is 10.6. The van der Waals surface area contributed by atoms with Crippen molar-refractivity contribution in [1.29, 1.82) is 0 Å². The van der Waals surface area contributed by atoms with Gasteiger partial charge in [-0.1, -0.05) is 12.1 Å². The molecule has 0 aliphatic rings. The van der Waals surface area contributed by atoms with Crippen molar-refractivity contribution in [3.8, 4) is 5.75 Å². The summed E-state index contributed by atoms with van der Waals surface area (Å²) in [5.41, 5.74) is 2.47. The van der Waals surface area contributed by atoms with E-state index in [1.807, 2.05) is 45.3 Å². The number of carbonyl (C=O) groups excluding carboxylic acids is 2. The lowest BCUT2D eigenvalue weighted by Crippen LogP contribution is -2.14. The lowest BCUT2D eigenvalue weighted by Gasteiger charge is -2.11. The van der Waals surface area contributed by atoms with E-state index in [2.05, 4.69) is 10.2 Å². The second-order valence-corrected chi connectivity index (χ2v) is 6.37. The summed E-state index contributed by atoms with van der Waals surface area (Å²) in [7, 11) is 4.00. The van der Waals surface area contributed by atoms with Crippen molar-refractivity contribution < 1.29 is 14.3 Å². The van der Waals surface area contributed by atoms with Gasteiger partial charge in [0.2, 0.25) is 5.91 Å². The molecule has 0 unspecified atom stereocenters. The van der Waals surface area contributed by atoms with Crippen LogP contribution in [0, 0.1) is 0 Å². The molecule has 0 saturated carbocycles. The Hall–Kier alpha value is -2.66. The maximum absolute atomic E-state index is 12.2. The van der Waals surface area contributed by atoms with Crippen LogP contribution in [0.15, 0.2) is 48.5 Å². The third-order valence-corrected chi connectivity index (χ3v) is 3.78. The first-order chi connectivity index (χ1) is 12.5. The highest BCUT2D eigenvalue weighted by Gasteiger charge is 2.10. The number of nitrogens with one attached hydrogen (secondary N) is 1. The molecule has 0 aromatic heterocycles. The molecule has 5 heteroatoms. The molecular weight excluding hydrogens is 328 g/mol. The standard InChI is InChI=1S/C21H26N2O3/c1-4-26-19-10-8-17(9-11-19)20(24)12-13-21(25)22-18-7-5-6-16(14-18)15-23(2)3/h5-11,14H,4,12-13,15H2,1-3H3,(H,22,25). The average Bonchev–Trinajstić information content (AvgIpc) is 2.60. The Balaban J connectivity index is 1.85. The quantitative estimate of drug-likeness (QED) is 0.697. The second kappa shape index (κ2) is 9.73. The fourth-order valence-corrected chi connectivity index (χ4v) is 2.61. The maximum atomic E-state index is 12.2. The molecule has 0 saturated heterocycles. The van der Waals surface area contributed by atoms with Gasteiger partial charge >= 0.3 is 0 Å². The summed E-state index contributed by atoms with van der Waals surface area (Å²) in [6.07, 6.45) is 0.334. The van der Waals surface area contributed by atoms with Crippen LogP contribution in [0.1, 0.15) is 35.7 Å². The van der Waals surface area contributed by atoms with Crippen LogP contribution in [-0.2, 0) is 11.3 Å². The number of hydrogen-bond donors (Lipinski definition) is 1. The zero-order chi connectivity index (χ0) is 18.9. The van der Waals surface area contributed by atoms with Crippen LogP contribution in [0.3, 0.4) is 0 Å². The van der Waals surface area contributed by atoms with Gasteiger partial charge in [-0.05, 0) is 63.0 Å². The molecular formula is C21H26N2O3. The second-order valence-electron chi connectivity index (χ2n) is 6.37. The van der Waals surface area contributed by atoms with Crippen molar-refractivity contribution in [2.45, 2.75) is 26.3 Å². The molecule has 0 heterocycles. The topological polar surface area (TPSA) is 58.6 Å². The largest absolute Gasteiger partial charge is 0.494 e. The number of ether oxygens (including phenoxy) is 1. The molecule has 0 radical (unpaired) electrons.